The Balaban J connectivity index is 2.22. The van der Waals surface area contributed by atoms with E-state index in [2.05, 4.69) is 17.3 Å². The van der Waals surface area contributed by atoms with Gasteiger partial charge in [0.15, 0.2) is 0 Å². The first-order valence-electron chi connectivity index (χ1n) is 5.32. The van der Waals surface area contributed by atoms with Gasteiger partial charge in [-0.3, -0.25) is 0 Å². The van der Waals surface area contributed by atoms with Gasteiger partial charge in [0.2, 0.25) is 0 Å². The minimum Gasteiger partial charge on any atom is -0.319 e. The fraction of sp³-hybridized carbons (Fsp3) is 0.727. The van der Waals surface area contributed by atoms with Crippen molar-refractivity contribution >= 4 is 11.3 Å². The molecule has 1 heterocycles. The van der Waals surface area contributed by atoms with Crippen molar-refractivity contribution in [2.45, 2.75) is 45.1 Å². The smallest absolute Gasteiger partial charge is 0.113 e. The molecule has 0 amide bonds. The van der Waals surface area contributed by atoms with E-state index in [1.54, 1.807) is 11.3 Å². The first-order valence-corrected chi connectivity index (χ1v) is 6.20. The minimum absolute atomic E-state index is 0.199. The predicted molar refractivity (Wildman–Crippen MR) is 60.3 cm³/mol. The highest BCUT2D eigenvalue weighted by Crippen LogP contribution is 2.39. The van der Waals surface area contributed by atoms with E-state index in [1.807, 2.05) is 6.92 Å². The van der Waals surface area contributed by atoms with E-state index in [-0.39, 0.29) is 5.54 Å². The first-order chi connectivity index (χ1) is 6.60. The first kappa shape index (κ1) is 10.1. The second kappa shape index (κ2) is 3.63. The Bertz CT molecular complexity index is 311. The minimum atomic E-state index is -0.199. The zero-order valence-electron chi connectivity index (χ0n) is 8.92. The summed E-state index contributed by atoms with van der Waals surface area (Å²) in [6.07, 6.45) is 5.21. The van der Waals surface area contributed by atoms with Crippen molar-refractivity contribution in [1.82, 2.24) is 4.98 Å². The monoisotopic (exact) mass is 210 g/mol. The van der Waals surface area contributed by atoms with Crippen molar-refractivity contribution in [2.24, 2.45) is 11.7 Å². The van der Waals surface area contributed by atoms with Gasteiger partial charge in [0, 0.05) is 11.1 Å². The molecule has 0 aliphatic heterocycles. The number of aromatic nitrogens is 1. The van der Waals surface area contributed by atoms with E-state index < -0.39 is 0 Å². The normalized spacial score (nSPS) is 22.5. The Morgan fingerprint density at radius 3 is 2.64 bits per heavy atom. The number of rotatable bonds is 2. The third-order valence-electron chi connectivity index (χ3n) is 3.28. The average molecular weight is 210 g/mol. The van der Waals surface area contributed by atoms with Crippen LogP contribution in [0.1, 0.15) is 43.3 Å². The molecule has 2 nitrogen and oxygen atoms in total. The van der Waals surface area contributed by atoms with Crippen LogP contribution < -0.4 is 5.73 Å². The standard InChI is InChI=1S/C11H18N2S/c1-8-7-14-10(13-8)11(2,12)9-5-3-4-6-9/h7,9H,3-6,12H2,1-2H3. The second-order valence-electron chi connectivity index (χ2n) is 4.56. The number of aryl methyl sites for hydroxylation is 1. The molecule has 1 atom stereocenters. The number of hydrogen-bond donors (Lipinski definition) is 1. The fourth-order valence-corrected chi connectivity index (χ4v) is 3.25. The van der Waals surface area contributed by atoms with E-state index in [0.717, 1.165) is 10.7 Å². The molecule has 1 aliphatic rings. The summed E-state index contributed by atoms with van der Waals surface area (Å²) in [6.45, 7) is 4.17. The number of hydrogen-bond acceptors (Lipinski definition) is 3. The lowest BCUT2D eigenvalue weighted by atomic mass is 9.86. The van der Waals surface area contributed by atoms with Crippen molar-refractivity contribution in [3.05, 3.63) is 16.1 Å². The lowest BCUT2D eigenvalue weighted by Gasteiger charge is -2.29. The topological polar surface area (TPSA) is 38.9 Å². The van der Waals surface area contributed by atoms with Gasteiger partial charge in [-0.15, -0.1) is 11.3 Å². The lowest BCUT2D eigenvalue weighted by molar-refractivity contribution is 0.305. The van der Waals surface area contributed by atoms with Crippen LogP contribution in [0, 0.1) is 12.8 Å². The molecule has 78 valence electrons. The molecule has 2 rings (SSSR count). The summed E-state index contributed by atoms with van der Waals surface area (Å²) in [6, 6.07) is 0. The van der Waals surface area contributed by atoms with Crippen LogP contribution in [0.4, 0.5) is 0 Å². The molecule has 3 heteroatoms. The molecule has 1 aromatic heterocycles. The van der Waals surface area contributed by atoms with Gasteiger partial charge in [0.1, 0.15) is 5.01 Å². The van der Waals surface area contributed by atoms with Crippen LogP contribution in [0.15, 0.2) is 5.38 Å². The Kier molecular flexibility index (Phi) is 2.62. The summed E-state index contributed by atoms with van der Waals surface area (Å²) in [5.74, 6) is 0.632. The average Bonchev–Trinajstić information content (AvgIpc) is 2.72. The van der Waals surface area contributed by atoms with E-state index in [9.17, 15) is 0 Å². The van der Waals surface area contributed by atoms with E-state index >= 15 is 0 Å². The van der Waals surface area contributed by atoms with E-state index in [1.165, 1.54) is 25.7 Å². The summed E-state index contributed by atoms with van der Waals surface area (Å²) in [5.41, 5.74) is 7.30. The Morgan fingerprint density at radius 2 is 2.14 bits per heavy atom. The molecule has 0 radical (unpaired) electrons. The molecule has 0 saturated heterocycles. The molecular weight excluding hydrogens is 192 g/mol. The maximum absolute atomic E-state index is 6.40. The van der Waals surface area contributed by atoms with Crippen molar-refractivity contribution in [3.63, 3.8) is 0 Å². The third kappa shape index (κ3) is 1.71. The summed E-state index contributed by atoms with van der Waals surface area (Å²) >= 11 is 1.71. The van der Waals surface area contributed by atoms with Crippen LogP contribution in [-0.4, -0.2) is 4.98 Å². The highest BCUT2D eigenvalue weighted by molar-refractivity contribution is 7.09. The van der Waals surface area contributed by atoms with Crippen LogP contribution in [-0.2, 0) is 5.54 Å². The number of nitrogens with zero attached hydrogens (tertiary/aromatic N) is 1. The molecular formula is C11H18N2S. The quantitative estimate of drug-likeness (QED) is 0.815. The van der Waals surface area contributed by atoms with Crippen LogP contribution in [0.3, 0.4) is 0 Å². The number of nitrogens with two attached hydrogens (primary N) is 1. The zero-order chi connectivity index (χ0) is 10.2. The van der Waals surface area contributed by atoms with Crippen LogP contribution in [0.5, 0.6) is 0 Å². The van der Waals surface area contributed by atoms with E-state index in [4.69, 9.17) is 5.73 Å². The van der Waals surface area contributed by atoms with Crippen molar-refractivity contribution < 1.29 is 0 Å². The second-order valence-corrected chi connectivity index (χ2v) is 5.42. The lowest BCUT2D eigenvalue weighted by Crippen LogP contribution is -2.40. The van der Waals surface area contributed by atoms with Crippen LogP contribution >= 0.6 is 11.3 Å². The molecule has 0 bridgehead atoms. The fourth-order valence-electron chi connectivity index (χ4n) is 2.30. The molecule has 1 fully saturated rings. The summed E-state index contributed by atoms with van der Waals surface area (Å²) in [4.78, 5) is 4.52. The van der Waals surface area contributed by atoms with Crippen LogP contribution in [0.25, 0.3) is 0 Å². The molecule has 0 aromatic carbocycles. The van der Waals surface area contributed by atoms with Gasteiger partial charge in [-0.2, -0.15) is 0 Å². The SMILES string of the molecule is Cc1csc(C(C)(N)C2CCCC2)n1. The molecule has 1 aromatic rings. The summed E-state index contributed by atoms with van der Waals surface area (Å²) in [7, 11) is 0. The van der Waals surface area contributed by atoms with Gasteiger partial charge < -0.3 is 5.73 Å². The highest BCUT2D eigenvalue weighted by Gasteiger charge is 2.36. The number of thiazole rings is 1. The molecule has 2 N–H and O–H groups in total. The van der Waals surface area contributed by atoms with Crippen molar-refractivity contribution in [3.8, 4) is 0 Å². The van der Waals surface area contributed by atoms with Gasteiger partial charge in [-0.25, -0.2) is 4.98 Å². The molecule has 1 saturated carbocycles. The van der Waals surface area contributed by atoms with Gasteiger partial charge in [0.05, 0.1) is 5.54 Å². The van der Waals surface area contributed by atoms with Gasteiger partial charge >= 0.3 is 0 Å². The molecule has 14 heavy (non-hydrogen) atoms. The summed E-state index contributed by atoms with van der Waals surface area (Å²) < 4.78 is 0. The van der Waals surface area contributed by atoms with Gasteiger partial charge in [-0.1, -0.05) is 12.8 Å². The van der Waals surface area contributed by atoms with Crippen molar-refractivity contribution in [2.75, 3.05) is 0 Å². The summed E-state index contributed by atoms with van der Waals surface area (Å²) in [5, 5.41) is 3.21. The molecule has 0 spiro atoms. The zero-order valence-corrected chi connectivity index (χ0v) is 9.73. The Morgan fingerprint density at radius 1 is 1.50 bits per heavy atom. The van der Waals surface area contributed by atoms with Gasteiger partial charge in [0.25, 0.3) is 0 Å². The Hall–Kier alpha value is -0.410. The highest BCUT2D eigenvalue weighted by atomic mass is 32.1. The Labute approximate surface area is 89.5 Å². The third-order valence-corrected chi connectivity index (χ3v) is 4.50. The largest absolute Gasteiger partial charge is 0.319 e. The van der Waals surface area contributed by atoms with Crippen LogP contribution in [0.2, 0.25) is 0 Å². The molecule has 1 aliphatic carbocycles. The van der Waals surface area contributed by atoms with Crippen molar-refractivity contribution in [1.29, 1.82) is 0 Å². The van der Waals surface area contributed by atoms with Gasteiger partial charge in [-0.05, 0) is 32.6 Å². The van der Waals surface area contributed by atoms with E-state index in [0.29, 0.717) is 5.92 Å². The molecule has 1 unspecified atom stereocenters. The maximum Gasteiger partial charge on any atom is 0.113 e. The predicted octanol–water partition coefficient (Wildman–Crippen LogP) is 2.82. The maximum atomic E-state index is 6.40.